The summed E-state index contributed by atoms with van der Waals surface area (Å²) in [6, 6.07) is 15.8. The van der Waals surface area contributed by atoms with Gasteiger partial charge in [0.1, 0.15) is 0 Å². The highest BCUT2D eigenvalue weighted by molar-refractivity contribution is 7.20. The van der Waals surface area contributed by atoms with Crippen molar-refractivity contribution in [3.05, 3.63) is 64.7 Å². The van der Waals surface area contributed by atoms with Gasteiger partial charge in [-0.05, 0) is 102 Å². The van der Waals surface area contributed by atoms with E-state index < -0.39 is 0 Å². The summed E-state index contributed by atoms with van der Waals surface area (Å²) in [6.07, 6.45) is 10.5. The quantitative estimate of drug-likeness (QED) is 0.304. The summed E-state index contributed by atoms with van der Waals surface area (Å²) in [5, 5.41) is 4.09. The van der Waals surface area contributed by atoms with Crippen LogP contribution in [0.15, 0.2) is 48.7 Å². The lowest BCUT2D eigenvalue weighted by Gasteiger charge is -2.46. The van der Waals surface area contributed by atoms with Crippen molar-refractivity contribution in [1.29, 1.82) is 0 Å². The van der Waals surface area contributed by atoms with Crippen LogP contribution in [-0.4, -0.2) is 4.98 Å². The second-order valence-electron chi connectivity index (χ2n) is 11.3. The van der Waals surface area contributed by atoms with Gasteiger partial charge >= 0.3 is 0 Å². The topological polar surface area (TPSA) is 12.9 Å². The van der Waals surface area contributed by atoms with Crippen molar-refractivity contribution in [2.75, 3.05) is 0 Å². The van der Waals surface area contributed by atoms with Gasteiger partial charge in [0.25, 0.3) is 0 Å². The molecule has 3 aliphatic carbocycles. The molecule has 2 heterocycles. The highest BCUT2D eigenvalue weighted by Gasteiger charge is 2.43. The number of hydrogen-bond donors (Lipinski definition) is 0. The van der Waals surface area contributed by atoms with Gasteiger partial charge in [-0.2, -0.15) is 0 Å². The van der Waals surface area contributed by atoms with Crippen molar-refractivity contribution in [3.63, 3.8) is 0 Å². The molecule has 0 radical (unpaired) electrons. The monoisotopic (exact) mass is 439 g/mol. The molecule has 0 aliphatic heterocycles. The maximum Gasteiger partial charge on any atom is 0.0880 e. The number of rotatable bonds is 2. The highest BCUT2D eigenvalue weighted by atomic mass is 32.1. The summed E-state index contributed by atoms with van der Waals surface area (Å²) in [6.45, 7) is 9.32. The van der Waals surface area contributed by atoms with Gasteiger partial charge in [0.05, 0.1) is 10.4 Å². The lowest BCUT2D eigenvalue weighted by Crippen LogP contribution is -2.37. The van der Waals surface area contributed by atoms with Crippen molar-refractivity contribution in [3.8, 4) is 11.3 Å². The van der Waals surface area contributed by atoms with Crippen LogP contribution in [0.3, 0.4) is 0 Å². The molecule has 0 N–H and O–H groups in total. The number of nitrogens with zero attached hydrogens (tertiary/aromatic N) is 1. The average molecular weight is 440 g/mol. The fourth-order valence-corrected chi connectivity index (χ4v) is 8.11. The zero-order valence-electron chi connectivity index (χ0n) is 19.8. The molecule has 4 aromatic rings. The third-order valence-corrected chi connectivity index (χ3v) is 9.93. The van der Waals surface area contributed by atoms with Crippen LogP contribution in [0.25, 0.3) is 32.1 Å². The molecule has 3 fully saturated rings. The molecule has 0 amide bonds. The van der Waals surface area contributed by atoms with Gasteiger partial charge in [0, 0.05) is 22.1 Å². The van der Waals surface area contributed by atoms with Gasteiger partial charge in [0.2, 0.25) is 0 Å². The van der Waals surface area contributed by atoms with Crippen LogP contribution in [-0.2, 0) is 10.8 Å². The van der Waals surface area contributed by atoms with E-state index in [1.165, 1.54) is 81.8 Å². The second-order valence-corrected chi connectivity index (χ2v) is 12.4. The Balaban J connectivity index is 1.57. The molecular weight excluding hydrogens is 406 g/mol. The van der Waals surface area contributed by atoms with E-state index in [2.05, 4.69) is 81.5 Å². The number of aromatic nitrogens is 1. The Morgan fingerprint density at radius 2 is 1.66 bits per heavy atom. The minimum absolute atomic E-state index is 0.0831. The third-order valence-electron chi connectivity index (χ3n) is 8.37. The van der Waals surface area contributed by atoms with Crippen LogP contribution >= 0.6 is 11.3 Å². The predicted molar refractivity (Wildman–Crippen MR) is 139 cm³/mol. The molecule has 2 aromatic carbocycles. The number of fused-ring (bicyclic) bond motifs is 5. The Hall–Kier alpha value is -2.19. The molecule has 0 spiro atoms. The third kappa shape index (κ3) is 3.06. The number of pyridine rings is 1. The summed E-state index contributed by atoms with van der Waals surface area (Å²) in [5.41, 5.74) is 5.86. The summed E-state index contributed by atoms with van der Waals surface area (Å²) in [7, 11) is 0. The summed E-state index contributed by atoms with van der Waals surface area (Å²) >= 11 is 2.06. The van der Waals surface area contributed by atoms with E-state index in [0.717, 1.165) is 5.92 Å². The number of benzene rings is 2. The number of aryl methyl sites for hydroxylation is 1. The zero-order valence-corrected chi connectivity index (χ0v) is 20.6. The van der Waals surface area contributed by atoms with Crippen LogP contribution in [0.5, 0.6) is 0 Å². The largest absolute Gasteiger partial charge is 0.255 e. The Kier molecular flexibility index (Phi) is 4.56. The first-order chi connectivity index (χ1) is 15.4. The molecule has 2 bridgehead atoms. The van der Waals surface area contributed by atoms with Crippen molar-refractivity contribution in [1.82, 2.24) is 4.98 Å². The molecule has 7 rings (SSSR count). The molecular formula is C30H33NS. The van der Waals surface area contributed by atoms with Gasteiger partial charge in [0.15, 0.2) is 0 Å². The molecule has 0 unspecified atom stereocenters. The first-order valence-electron chi connectivity index (χ1n) is 12.3. The van der Waals surface area contributed by atoms with Gasteiger partial charge < -0.3 is 0 Å². The van der Waals surface area contributed by atoms with E-state index in [0.29, 0.717) is 5.41 Å². The Morgan fingerprint density at radius 3 is 2.38 bits per heavy atom. The van der Waals surface area contributed by atoms with Crippen LogP contribution in [0.1, 0.15) is 75.3 Å². The maximum atomic E-state index is 4.98. The molecule has 0 saturated heterocycles. The molecule has 0 atom stereocenters. The summed E-state index contributed by atoms with van der Waals surface area (Å²) in [5.74, 6) is 0.997. The van der Waals surface area contributed by atoms with Crippen molar-refractivity contribution >= 4 is 32.2 Å². The van der Waals surface area contributed by atoms with Crippen LogP contribution in [0, 0.1) is 12.8 Å². The Bertz CT molecular complexity index is 1310. The van der Waals surface area contributed by atoms with E-state index in [9.17, 15) is 0 Å². The molecule has 3 saturated carbocycles. The van der Waals surface area contributed by atoms with Gasteiger partial charge in [-0.15, -0.1) is 11.3 Å². The number of hydrogen-bond acceptors (Lipinski definition) is 2. The Labute approximate surface area is 195 Å². The van der Waals surface area contributed by atoms with Crippen molar-refractivity contribution in [2.45, 2.75) is 77.0 Å². The van der Waals surface area contributed by atoms with E-state index >= 15 is 0 Å². The van der Waals surface area contributed by atoms with Gasteiger partial charge in [-0.25, -0.2) is 0 Å². The fraction of sp³-hybridized carbons (Fsp3) is 0.433. The van der Waals surface area contributed by atoms with E-state index in [4.69, 9.17) is 4.98 Å². The minimum atomic E-state index is 0.0831. The Morgan fingerprint density at radius 1 is 0.938 bits per heavy atom. The average Bonchev–Trinajstić information content (AvgIpc) is 3.16. The van der Waals surface area contributed by atoms with Gasteiger partial charge in [-0.1, -0.05) is 45.0 Å². The molecule has 1 nitrogen and oxygen atoms in total. The number of thiophene rings is 1. The normalized spacial score (nSPS) is 23.3. The standard InChI is InChI=1S/C30H33NS/c1-19-23-12-16-31-26(27(23)32-28(19)30-13-9-20(10-14-30)11-15-30)22-17-21-7-5-6-8-24(21)25(18-22)29(2,3)4/h5-8,12,16-18,20H,9-11,13-15H2,1-4H3. The zero-order chi connectivity index (χ0) is 22.1. The SMILES string of the molecule is Cc1c(C23CCC(CC2)CC3)sc2c(-c3cc(C(C)(C)C)c4ccccc4c3)nccc12. The molecule has 3 aliphatic rings. The smallest absolute Gasteiger partial charge is 0.0880 e. The molecule has 2 heteroatoms. The van der Waals surface area contributed by atoms with Crippen molar-refractivity contribution < 1.29 is 0 Å². The molecule has 2 aromatic heterocycles. The highest BCUT2D eigenvalue weighted by Crippen LogP contribution is 2.55. The van der Waals surface area contributed by atoms with Crippen LogP contribution < -0.4 is 0 Å². The van der Waals surface area contributed by atoms with E-state index in [1.54, 1.807) is 4.88 Å². The predicted octanol–water partition coefficient (Wildman–Crippen LogP) is 8.94. The fourth-order valence-electron chi connectivity index (χ4n) is 6.52. The lowest BCUT2D eigenvalue weighted by atomic mass is 9.59. The maximum absolute atomic E-state index is 4.98. The lowest BCUT2D eigenvalue weighted by molar-refractivity contribution is 0.138. The van der Waals surface area contributed by atoms with E-state index in [-0.39, 0.29) is 5.41 Å². The second kappa shape index (κ2) is 7.15. The summed E-state index contributed by atoms with van der Waals surface area (Å²) < 4.78 is 1.39. The van der Waals surface area contributed by atoms with Crippen molar-refractivity contribution in [2.24, 2.45) is 5.92 Å². The molecule has 164 valence electrons. The summed E-state index contributed by atoms with van der Waals surface area (Å²) in [4.78, 5) is 6.64. The first-order valence-corrected chi connectivity index (χ1v) is 13.1. The van der Waals surface area contributed by atoms with Crippen LogP contribution in [0.4, 0.5) is 0 Å². The minimum Gasteiger partial charge on any atom is -0.255 e. The van der Waals surface area contributed by atoms with Crippen LogP contribution in [0.2, 0.25) is 0 Å². The first kappa shape index (κ1) is 20.4. The van der Waals surface area contributed by atoms with E-state index in [1.807, 2.05) is 6.20 Å². The molecule has 32 heavy (non-hydrogen) atoms. The van der Waals surface area contributed by atoms with Gasteiger partial charge in [-0.3, -0.25) is 4.98 Å².